The summed E-state index contributed by atoms with van der Waals surface area (Å²) in [6.45, 7) is 6.74. The maximum atomic E-state index is 12.8. The molecule has 4 aliphatic rings. The topological polar surface area (TPSA) is 82.8 Å². The van der Waals surface area contributed by atoms with Crippen molar-refractivity contribution in [3.63, 3.8) is 0 Å². The number of piperazine rings is 1. The lowest BCUT2D eigenvalue weighted by Gasteiger charge is -2.43. The quantitative estimate of drug-likeness (QED) is 0.491. The van der Waals surface area contributed by atoms with Crippen molar-refractivity contribution < 1.29 is 4.79 Å². The molecule has 2 fully saturated rings. The molecule has 1 aliphatic carbocycles. The first-order valence-electron chi connectivity index (χ1n) is 15.7. The first-order chi connectivity index (χ1) is 20.5. The van der Waals surface area contributed by atoms with E-state index in [0.717, 1.165) is 63.5 Å². The van der Waals surface area contributed by atoms with E-state index < -0.39 is 0 Å². The number of likely N-dealkylation sites (N-methyl/N-ethyl adjacent to an activating group) is 1. The van der Waals surface area contributed by atoms with E-state index in [0.29, 0.717) is 38.1 Å². The molecule has 9 heteroatoms. The average molecular weight is 569 g/mol. The largest absolute Gasteiger partial charge is 0.368 e. The highest BCUT2D eigenvalue weighted by Crippen LogP contribution is 2.37. The molecule has 2 saturated heterocycles. The molecule has 1 amide bonds. The van der Waals surface area contributed by atoms with Gasteiger partial charge in [0.25, 0.3) is 0 Å². The Hall–Kier alpha value is -3.64. The monoisotopic (exact) mass is 568 g/mol. The first-order valence-corrected chi connectivity index (χ1v) is 15.7. The van der Waals surface area contributed by atoms with E-state index in [4.69, 9.17) is 9.97 Å². The number of anilines is 3. The zero-order chi connectivity index (χ0) is 29.2. The van der Waals surface area contributed by atoms with Crippen LogP contribution in [0.15, 0.2) is 36.4 Å². The lowest BCUT2D eigenvalue weighted by molar-refractivity contribution is -0.128. The van der Waals surface area contributed by atoms with Crippen molar-refractivity contribution in [2.75, 3.05) is 68.1 Å². The second-order valence-corrected chi connectivity index (χ2v) is 12.4. The van der Waals surface area contributed by atoms with Gasteiger partial charge in [-0.25, -0.2) is 4.98 Å². The SMILES string of the molecule is C/C=C/C(=O)N1CCN(c2nc(N3CC[C@@H](N(C)C)C3)nc3c2CC[C@@H](N2CCCc4ccccc42)C3)C[C@@H]1CC#N. The van der Waals surface area contributed by atoms with E-state index in [9.17, 15) is 10.1 Å². The molecule has 42 heavy (non-hydrogen) atoms. The molecular weight excluding hydrogens is 524 g/mol. The lowest BCUT2D eigenvalue weighted by Crippen LogP contribution is -2.55. The number of carbonyl (C=O) groups is 1. The second kappa shape index (κ2) is 12.3. The van der Waals surface area contributed by atoms with E-state index in [2.05, 4.69) is 64.0 Å². The molecular formula is C33H44N8O. The van der Waals surface area contributed by atoms with Gasteiger partial charge in [-0.1, -0.05) is 24.3 Å². The number of nitrogens with zero attached hydrogens (tertiary/aromatic N) is 8. The van der Waals surface area contributed by atoms with Crippen molar-refractivity contribution in [1.82, 2.24) is 19.8 Å². The summed E-state index contributed by atoms with van der Waals surface area (Å²) < 4.78 is 0. The Morgan fingerprint density at radius 2 is 1.93 bits per heavy atom. The van der Waals surface area contributed by atoms with Gasteiger partial charge in [0.05, 0.1) is 24.2 Å². The van der Waals surface area contributed by atoms with Gasteiger partial charge < -0.3 is 24.5 Å². The zero-order valence-electron chi connectivity index (χ0n) is 25.4. The van der Waals surface area contributed by atoms with Gasteiger partial charge >= 0.3 is 0 Å². The van der Waals surface area contributed by atoms with E-state index in [1.807, 2.05) is 11.8 Å². The van der Waals surface area contributed by atoms with E-state index in [1.165, 1.54) is 28.9 Å². The summed E-state index contributed by atoms with van der Waals surface area (Å²) in [4.78, 5) is 34.9. The van der Waals surface area contributed by atoms with Gasteiger partial charge in [-0.15, -0.1) is 0 Å². The number of para-hydroxylation sites is 1. The van der Waals surface area contributed by atoms with Crippen LogP contribution in [-0.4, -0.2) is 97.2 Å². The molecule has 222 valence electrons. The fourth-order valence-corrected chi connectivity index (χ4v) is 7.38. The summed E-state index contributed by atoms with van der Waals surface area (Å²) in [7, 11) is 4.30. The number of aryl methyl sites for hydroxylation is 1. The van der Waals surface area contributed by atoms with Gasteiger partial charge in [0.15, 0.2) is 0 Å². The molecule has 0 saturated carbocycles. The van der Waals surface area contributed by atoms with Crippen molar-refractivity contribution in [3.05, 3.63) is 53.2 Å². The van der Waals surface area contributed by atoms with Crippen LogP contribution in [0.4, 0.5) is 17.5 Å². The number of benzene rings is 1. The number of hydrogen-bond acceptors (Lipinski definition) is 8. The van der Waals surface area contributed by atoms with Gasteiger partial charge in [0.1, 0.15) is 5.82 Å². The molecule has 0 bridgehead atoms. The minimum atomic E-state index is -0.160. The number of fused-ring (bicyclic) bond motifs is 2. The second-order valence-electron chi connectivity index (χ2n) is 12.4. The maximum Gasteiger partial charge on any atom is 0.246 e. The van der Waals surface area contributed by atoms with Gasteiger partial charge in [-0.3, -0.25) is 4.79 Å². The standard InChI is InChI=1S/C33H44N8O/c1-4-8-31(42)41-20-19-38(23-27(41)14-16-34)32-28-13-12-25(40-17-7-10-24-9-5-6-11-30(24)40)21-29(28)35-33(36-32)39-18-15-26(22-39)37(2)3/h4-6,8-9,11,25-27H,7,10,12-15,17-23H2,1-3H3/b8-4+/t25-,26-,27+/m1/s1. The number of allylic oxidation sites excluding steroid dienone is 1. The lowest BCUT2D eigenvalue weighted by atomic mass is 9.88. The van der Waals surface area contributed by atoms with Crippen LogP contribution < -0.4 is 14.7 Å². The number of carbonyl (C=O) groups excluding carboxylic acids is 1. The zero-order valence-corrected chi connectivity index (χ0v) is 25.4. The average Bonchev–Trinajstić information content (AvgIpc) is 3.51. The molecule has 0 spiro atoms. The molecule has 2 aromatic rings. The molecule has 0 unspecified atom stereocenters. The summed E-state index contributed by atoms with van der Waals surface area (Å²) in [5.41, 5.74) is 5.28. The fourth-order valence-electron chi connectivity index (χ4n) is 7.38. The minimum absolute atomic E-state index is 0.0146. The summed E-state index contributed by atoms with van der Waals surface area (Å²) in [6.07, 6.45) is 10.1. The molecule has 9 nitrogen and oxygen atoms in total. The summed E-state index contributed by atoms with van der Waals surface area (Å²) in [5, 5.41) is 9.61. The number of amides is 1. The highest BCUT2D eigenvalue weighted by Gasteiger charge is 2.36. The van der Waals surface area contributed by atoms with Crippen LogP contribution in [0.5, 0.6) is 0 Å². The van der Waals surface area contributed by atoms with Crippen molar-refractivity contribution >= 4 is 23.4 Å². The number of aromatic nitrogens is 2. The predicted octanol–water partition coefficient (Wildman–Crippen LogP) is 3.43. The van der Waals surface area contributed by atoms with Crippen molar-refractivity contribution in [2.45, 2.75) is 70.0 Å². The van der Waals surface area contributed by atoms with Crippen molar-refractivity contribution in [1.29, 1.82) is 5.26 Å². The van der Waals surface area contributed by atoms with E-state index >= 15 is 0 Å². The number of rotatable bonds is 6. The van der Waals surface area contributed by atoms with Crippen LogP contribution in [0.25, 0.3) is 0 Å². The Bertz CT molecular complexity index is 1370. The minimum Gasteiger partial charge on any atom is -0.368 e. The molecule has 6 rings (SSSR count). The Morgan fingerprint density at radius 1 is 1.07 bits per heavy atom. The molecule has 0 radical (unpaired) electrons. The van der Waals surface area contributed by atoms with Crippen LogP contribution in [-0.2, 0) is 24.1 Å². The van der Waals surface area contributed by atoms with Crippen molar-refractivity contribution in [3.8, 4) is 6.07 Å². The van der Waals surface area contributed by atoms with Crippen molar-refractivity contribution in [2.24, 2.45) is 0 Å². The maximum absolute atomic E-state index is 12.8. The summed E-state index contributed by atoms with van der Waals surface area (Å²) >= 11 is 0. The van der Waals surface area contributed by atoms with Gasteiger partial charge in [0, 0.05) is 69.0 Å². The Morgan fingerprint density at radius 3 is 2.71 bits per heavy atom. The Balaban J connectivity index is 1.33. The van der Waals surface area contributed by atoms with Crippen LogP contribution in [0, 0.1) is 11.3 Å². The summed E-state index contributed by atoms with van der Waals surface area (Å²) in [6, 6.07) is 12.0. The van der Waals surface area contributed by atoms with Gasteiger partial charge in [-0.05, 0) is 70.8 Å². The van der Waals surface area contributed by atoms with Gasteiger partial charge in [0.2, 0.25) is 11.9 Å². The predicted molar refractivity (Wildman–Crippen MR) is 167 cm³/mol. The van der Waals surface area contributed by atoms with E-state index in [-0.39, 0.29) is 11.9 Å². The normalized spacial score (nSPS) is 24.2. The van der Waals surface area contributed by atoms with Gasteiger partial charge in [-0.2, -0.15) is 10.2 Å². The molecule has 0 N–H and O–H groups in total. The van der Waals surface area contributed by atoms with E-state index in [1.54, 1.807) is 12.2 Å². The third-order valence-electron chi connectivity index (χ3n) is 9.68. The first kappa shape index (κ1) is 28.5. The highest BCUT2D eigenvalue weighted by atomic mass is 16.2. The number of hydrogen-bond donors (Lipinski definition) is 0. The molecule has 4 heterocycles. The molecule has 1 aromatic carbocycles. The Labute approximate surface area is 250 Å². The fraction of sp³-hybridized carbons (Fsp3) is 0.576. The van der Waals surface area contributed by atoms with Crippen LogP contribution >= 0.6 is 0 Å². The summed E-state index contributed by atoms with van der Waals surface area (Å²) in [5.74, 6) is 1.83. The van der Waals surface area contributed by atoms with Crippen LogP contribution in [0.2, 0.25) is 0 Å². The smallest absolute Gasteiger partial charge is 0.246 e. The third-order valence-corrected chi connectivity index (χ3v) is 9.68. The highest BCUT2D eigenvalue weighted by molar-refractivity contribution is 5.88. The van der Waals surface area contributed by atoms with Crippen LogP contribution in [0.1, 0.15) is 49.4 Å². The number of nitriles is 1. The molecule has 1 aromatic heterocycles. The molecule has 3 aliphatic heterocycles. The van der Waals surface area contributed by atoms with Crippen LogP contribution in [0.3, 0.4) is 0 Å². The third kappa shape index (κ3) is 5.57. The molecule has 3 atom stereocenters. The Kier molecular flexibility index (Phi) is 8.34.